The Bertz CT molecular complexity index is 1010. The fraction of sp³-hybridized carbons (Fsp3) is 0.308. The van der Waals surface area contributed by atoms with E-state index in [2.05, 4.69) is 0 Å². The van der Waals surface area contributed by atoms with E-state index in [1.807, 2.05) is 52.7 Å². The van der Waals surface area contributed by atoms with Crippen molar-refractivity contribution in [2.24, 2.45) is 0 Å². The molecule has 2 aromatic carbocycles. The minimum Gasteiger partial charge on any atom is -0.497 e. The number of carbonyl (C=O) groups is 2. The smallest absolute Gasteiger partial charge is 0.254 e. The number of amides is 2. The number of hydrogen-bond donors (Lipinski definition) is 0. The lowest BCUT2D eigenvalue weighted by molar-refractivity contribution is -0.133. The van der Waals surface area contributed by atoms with Gasteiger partial charge in [0.1, 0.15) is 12.3 Å². The summed E-state index contributed by atoms with van der Waals surface area (Å²) < 4.78 is 10.4. The van der Waals surface area contributed by atoms with E-state index in [1.165, 1.54) is 0 Å². The summed E-state index contributed by atoms with van der Waals surface area (Å²) in [6.45, 7) is 1.92. The first-order valence-electron chi connectivity index (χ1n) is 10.9. The minimum atomic E-state index is -0.200. The zero-order valence-electron chi connectivity index (χ0n) is 19.1. The fourth-order valence-electron chi connectivity index (χ4n) is 3.48. The minimum absolute atomic E-state index is 0.00202. The van der Waals surface area contributed by atoms with Gasteiger partial charge in [-0.3, -0.25) is 9.59 Å². The van der Waals surface area contributed by atoms with Crippen LogP contribution in [0.5, 0.6) is 5.75 Å². The van der Waals surface area contributed by atoms with Crippen LogP contribution in [0.2, 0.25) is 0 Å². The summed E-state index contributed by atoms with van der Waals surface area (Å²) in [4.78, 5) is 31.3. The van der Waals surface area contributed by atoms with Crippen LogP contribution in [0.4, 0.5) is 0 Å². The van der Waals surface area contributed by atoms with Crippen molar-refractivity contribution in [3.63, 3.8) is 0 Å². The van der Waals surface area contributed by atoms with Crippen molar-refractivity contribution in [1.82, 2.24) is 9.80 Å². The highest BCUT2D eigenvalue weighted by atomic mass is 32.1. The Kier molecular flexibility index (Phi) is 9.47. The van der Waals surface area contributed by atoms with Crippen molar-refractivity contribution >= 4 is 23.2 Å². The van der Waals surface area contributed by atoms with Gasteiger partial charge >= 0.3 is 0 Å². The van der Waals surface area contributed by atoms with E-state index in [0.29, 0.717) is 44.0 Å². The van der Waals surface area contributed by atoms with Gasteiger partial charge in [0, 0.05) is 37.2 Å². The molecule has 3 aromatic rings. The van der Waals surface area contributed by atoms with Crippen LogP contribution in [0.25, 0.3) is 0 Å². The van der Waals surface area contributed by atoms with Crippen LogP contribution in [0, 0.1) is 0 Å². The molecule has 0 bridgehead atoms. The first kappa shape index (κ1) is 24.5. The van der Waals surface area contributed by atoms with Crippen molar-refractivity contribution in [1.29, 1.82) is 0 Å². The van der Waals surface area contributed by atoms with Gasteiger partial charge in [-0.25, -0.2) is 0 Å². The maximum absolute atomic E-state index is 13.5. The van der Waals surface area contributed by atoms with Crippen molar-refractivity contribution in [3.05, 3.63) is 88.1 Å². The molecular formula is C26H30N2O4S. The third kappa shape index (κ3) is 7.44. The molecule has 0 radical (unpaired) electrons. The summed E-state index contributed by atoms with van der Waals surface area (Å²) in [5.41, 5.74) is 1.54. The molecular weight excluding hydrogens is 436 g/mol. The van der Waals surface area contributed by atoms with E-state index in [0.717, 1.165) is 10.4 Å². The number of rotatable bonds is 12. The van der Waals surface area contributed by atoms with E-state index in [9.17, 15) is 9.59 Å². The highest BCUT2D eigenvalue weighted by Crippen LogP contribution is 2.17. The maximum atomic E-state index is 13.5. The molecule has 174 valence electrons. The summed E-state index contributed by atoms with van der Waals surface area (Å²) in [7, 11) is 3.19. The van der Waals surface area contributed by atoms with E-state index in [4.69, 9.17) is 9.47 Å². The summed E-state index contributed by atoms with van der Waals surface area (Å²) in [5.74, 6) is 0.308. The zero-order valence-corrected chi connectivity index (χ0v) is 19.9. The lowest BCUT2D eigenvalue weighted by Crippen LogP contribution is -2.43. The molecule has 0 aliphatic rings. The van der Waals surface area contributed by atoms with Gasteiger partial charge in [0.05, 0.1) is 13.7 Å². The molecule has 6 nitrogen and oxygen atoms in total. The van der Waals surface area contributed by atoms with Gasteiger partial charge < -0.3 is 19.3 Å². The van der Waals surface area contributed by atoms with Crippen LogP contribution >= 0.6 is 11.3 Å². The summed E-state index contributed by atoms with van der Waals surface area (Å²) in [5, 5.41) is 2.00. The Morgan fingerprint density at radius 2 is 1.73 bits per heavy atom. The molecule has 0 spiro atoms. The highest BCUT2D eigenvalue weighted by molar-refractivity contribution is 7.09. The second-order valence-corrected chi connectivity index (χ2v) is 8.65. The van der Waals surface area contributed by atoms with E-state index < -0.39 is 0 Å². The zero-order chi connectivity index (χ0) is 23.5. The summed E-state index contributed by atoms with van der Waals surface area (Å²) >= 11 is 1.62. The molecule has 2 amide bonds. The third-order valence-corrected chi connectivity index (χ3v) is 6.06. The largest absolute Gasteiger partial charge is 0.497 e. The molecule has 33 heavy (non-hydrogen) atoms. The van der Waals surface area contributed by atoms with Crippen molar-refractivity contribution in [2.75, 3.05) is 33.9 Å². The highest BCUT2D eigenvalue weighted by Gasteiger charge is 2.23. The molecule has 0 fully saturated rings. The SMILES string of the molecule is COCCCN(CC(=O)N(Cc1ccccc1)Cc1cccs1)C(=O)c1cccc(OC)c1. The normalized spacial score (nSPS) is 10.6. The van der Waals surface area contributed by atoms with Gasteiger partial charge in [0.25, 0.3) is 5.91 Å². The predicted molar refractivity (Wildman–Crippen MR) is 130 cm³/mol. The molecule has 3 rings (SSSR count). The van der Waals surface area contributed by atoms with E-state index in [-0.39, 0.29) is 18.4 Å². The van der Waals surface area contributed by atoms with Crippen LogP contribution in [-0.2, 0) is 22.6 Å². The maximum Gasteiger partial charge on any atom is 0.254 e. The second kappa shape index (κ2) is 12.8. The molecule has 0 saturated carbocycles. The lowest BCUT2D eigenvalue weighted by Gasteiger charge is -2.28. The summed E-state index contributed by atoms with van der Waals surface area (Å²) in [6.07, 6.45) is 0.642. The van der Waals surface area contributed by atoms with Crippen LogP contribution in [0.15, 0.2) is 72.1 Å². The van der Waals surface area contributed by atoms with Crippen LogP contribution in [0.3, 0.4) is 0 Å². The molecule has 7 heteroatoms. The van der Waals surface area contributed by atoms with Gasteiger partial charge in [-0.1, -0.05) is 42.5 Å². The number of hydrogen-bond acceptors (Lipinski definition) is 5. The number of nitrogens with zero attached hydrogens (tertiary/aromatic N) is 2. The molecule has 1 aromatic heterocycles. The van der Waals surface area contributed by atoms with E-state index in [1.54, 1.807) is 54.7 Å². The first-order valence-corrected chi connectivity index (χ1v) is 11.7. The summed E-state index contributed by atoms with van der Waals surface area (Å²) in [6, 6.07) is 20.9. The Balaban J connectivity index is 1.79. The standard InChI is InChI=1S/C26H30N2O4S/c1-31-15-8-14-27(26(30)22-11-6-12-23(17-22)32-2)20-25(29)28(19-24-13-7-16-33-24)18-21-9-4-3-5-10-21/h3-7,9-13,16-17H,8,14-15,18-20H2,1-2H3. The number of thiophene rings is 1. The van der Waals surface area contributed by atoms with Gasteiger partial charge in [-0.05, 0) is 41.6 Å². The molecule has 0 saturated heterocycles. The molecule has 0 aliphatic heterocycles. The average Bonchev–Trinajstić information content (AvgIpc) is 3.36. The van der Waals surface area contributed by atoms with Crippen LogP contribution in [-0.4, -0.2) is 55.5 Å². The predicted octanol–water partition coefficient (Wildman–Crippen LogP) is 4.46. The quantitative estimate of drug-likeness (QED) is 0.370. The number of methoxy groups -OCH3 is 2. The second-order valence-electron chi connectivity index (χ2n) is 7.62. The average molecular weight is 467 g/mol. The molecule has 0 atom stereocenters. The van der Waals surface area contributed by atoms with E-state index >= 15 is 0 Å². The number of benzene rings is 2. The molecule has 0 unspecified atom stereocenters. The molecule has 0 N–H and O–H groups in total. The Labute approximate surface area is 199 Å². The van der Waals surface area contributed by atoms with Gasteiger partial charge in [0.15, 0.2) is 0 Å². The van der Waals surface area contributed by atoms with Crippen LogP contribution < -0.4 is 4.74 Å². The Morgan fingerprint density at radius 1 is 0.909 bits per heavy atom. The van der Waals surface area contributed by atoms with Gasteiger partial charge in [-0.2, -0.15) is 0 Å². The van der Waals surface area contributed by atoms with Crippen molar-refractivity contribution < 1.29 is 19.1 Å². The van der Waals surface area contributed by atoms with Crippen molar-refractivity contribution in [3.8, 4) is 5.75 Å². The molecule has 0 aliphatic carbocycles. The monoisotopic (exact) mass is 466 g/mol. The Hall–Kier alpha value is -3.16. The van der Waals surface area contributed by atoms with Gasteiger partial charge in [0.2, 0.25) is 5.91 Å². The molecule has 1 heterocycles. The number of carbonyl (C=O) groups excluding carboxylic acids is 2. The Morgan fingerprint density at radius 3 is 2.42 bits per heavy atom. The fourth-order valence-corrected chi connectivity index (χ4v) is 4.20. The first-order chi connectivity index (χ1) is 16.1. The van der Waals surface area contributed by atoms with Gasteiger partial charge in [-0.15, -0.1) is 11.3 Å². The lowest BCUT2D eigenvalue weighted by atomic mass is 10.1. The van der Waals surface area contributed by atoms with Crippen molar-refractivity contribution in [2.45, 2.75) is 19.5 Å². The number of ether oxygens (including phenoxy) is 2. The van der Waals surface area contributed by atoms with Crippen LogP contribution in [0.1, 0.15) is 27.2 Å². The topological polar surface area (TPSA) is 59.1 Å². The third-order valence-electron chi connectivity index (χ3n) is 5.20.